The highest BCUT2D eigenvalue weighted by Gasteiger charge is 2.29. The van der Waals surface area contributed by atoms with Gasteiger partial charge in [0.25, 0.3) is 0 Å². The van der Waals surface area contributed by atoms with Gasteiger partial charge in [-0.3, -0.25) is 9.59 Å². The molecule has 4 N–H and O–H groups in total. The topological polar surface area (TPSA) is 127 Å². The van der Waals surface area contributed by atoms with Gasteiger partial charge in [0.2, 0.25) is 15.9 Å². The molecule has 7 nitrogen and oxygen atoms in total. The number of carbonyl (C=O) groups is 2. The predicted molar refractivity (Wildman–Crippen MR) is 69.9 cm³/mol. The second kappa shape index (κ2) is 6.06. The molecule has 0 saturated carbocycles. The minimum Gasteiger partial charge on any atom is -0.480 e. The zero-order valence-electron chi connectivity index (χ0n) is 9.09. The number of amides is 1. The van der Waals surface area contributed by atoms with Crippen LogP contribution < -0.4 is 10.5 Å². The van der Waals surface area contributed by atoms with Crippen molar-refractivity contribution in [3.05, 3.63) is 14.7 Å². The lowest BCUT2D eigenvalue weighted by molar-refractivity contribution is -0.140. The monoisotopic (exact) mass is 346 g/mol. The number of halogens is 2. The predicted octanol–water partition coefficient (Wildman–Crippen LogP) is 0.662. The average molecular weight is 347 g/mol. The summed E-state index contributed by atoms with van der Waals surface area (Å²) in [6.07, 6.45) is -0.677. The van der Waals surface area contributed by atoms with E-state index < -0.39 is 34.4 Å². The Bertz CT molecular complexity index is 613. The van der Waals surface area contributed by atoms with E-state index in [0.29, 0.717) is 0 Å². The molecule has 0 bridgehead atoms. The van der Waals surface area contributed by atoms with Crippen LogP contribution in [0.4, 0.5) is 0 Å². The zero-order valence-corrected chi connectivity index (χ0v) is 12.2. The Balaban J connectivity index is 3.04. The number of aliphatic carboxylic acids is 1. The van der Waals surface area contributed by atoms with Gasteiger partial charge in [0, 0.05) is 0 Å². The van der Waals surface area contributed by atoms with E-state index in [1.165, 1.54) is 0 Å². The van der Waals surface area contributed by atoms with Crippen LogP contribution in [0.5, 0.6) is 0 Å². The number of carboxylic acid groups (broad SMARTS) is 1. The molecule has 0 spiro atoms. The van der Waals surface area contributed by atoms with Crippen LogP contribution >= 0.6 is 34.5 Å². The minimum atomic E-state index is -4.20. The molecule has 0 radical (unpaired) electrons. The number of nitrogens with two attached hydrogens (primary N) is 1. The van der Waals surface area contributed by atoms with E-state index >= 15 is 0 Å². The molecule has 11 heteroatoms. The lowest BCUT2D eigenvalue weighted by Gasteiger charge is -2.12. The number of sulfonamides is 1. The Kier molecular flexibility index (Phi) is 5.16. The van der Waals surface area contributed by atoms with E-state index in [1.54, 1.807) is 0 Å². The van der Waals surface area contributed by atoms with Gasteiger partial charge in [0.1, 0.15) is 15.3 Å². The summed E-state index contributed by atoms with van der Waals surface area (Å²) in [5.74, 6) is -2.48. The standard InChI is InChI=1S/C8H8Cl2N2O5S2/c9-5-2-4(7(10)18-5)19(16,17)12-3(8(14)15)1-6(11)13/h2-3,12H,1H2,(H2,11,13)(H,14,15). The fourth-order valence-corrected chi connectivity index (χ4v) is 4.48. The molecule has 0 saturated heterocycles. The summed E-state index contributed by atoms with van der Waals surface area (Å²) >= 11 is 12.1. The molecule has 0 fully saturated rings. The molecule has 0 aliphatic rings. The first-order chi connectivity index (χ1) is 8.63. The van der Waals surface area contributed by atoms with Crippen molar-refractivity contribution >= 4 is 56.4 Å². The van der Waals surface area contributed by atoms with Crippen molar-refractivity contribution in [3.8, 4) is 0 Å². The number of carboxylic acids is 1. The minimum absolute atomic E-state index is 0.110. The van der Waals surface area contributed by atoms with Crippen LogP contribution in [0.15, 0.2) is 11.0 Å². The van der Waals surface area contributed by atoms with Crippen LogP contribution in [-0.4, -0.2) is 31.4 Å². The van der Waals surface area contributed by atoms with Crippen molar-refractivity contribution in [3.63, 3.8) is 0 Å². The second-order valence-electron chi connectivity index (χ2n) is 3.37. The quantitative estimate of drug-likeness (QED) is 0.697. The summed E-state index contributed by atoms with van der Waals surface area (Å²) in [4.78, 5) is 21.2. The lowest BCUT2D eigenvalue weighted by Crippen LogP contribution is -2.43. The molecular formula is C8H8Cl2N2O5S2. The number of primary amides is 1. The highest BCUT2D eigenvalue weighted by atomic mass is 35.5. The van der Waals surface area contributed by atoms with E-state index in [2.05, 4.69) is 0 Å². The number of nitrogens with one attached hydrogen (secondary N) is 1. The Morgan fingerprint density at radius 3 is 2.42 bits per heavy atom. The molecule has 1 aromatic heterocycles. The molecule has 1 atom stereocenters. The highest BCUT2D eigenvalue weighted by molar-refractivity contribution is 7.89. The van der Waals surface area contributed by atoms with Crippen molar-refractivity contribution in [2.24, 2.45) is 5.73 Å². The molecule has 1 aromatic rings. The summed E-state index contributed by atoms with van der Waals surface area (Å²) < 4.78 is 25.7. The molecule has 19 heavy (non-hydrogen) atoms. The number of carbonyl (C=O) groups excluding carboxylic acids is 1. The SMILES string of the molecule is NC(=O)CC(NS(=O)(=O)c1cc(Cl)sc1Cl)C(=O)O. The van der Waals surface area contributed by atoms with Crippen molar-refractivity contribution in [1.82, 2.24) is 4.72 Å². The van der Waals surface area contributed by atoms with Gasteiger partial charge in [-0.2, -0.15) is 4.72 Å². The number of rotatable bonds is 6. The fraction of sp³-hybridized carbons (Fsp3) is 0.250. The molecule has 106 valence electrons. The van der Waals surface area contributed by atoms with Gasteiger partial charge in [0.15, 0.2) is 0 Å². The maximum absolute atomic E-state index is 11.9. The normalized spacial score (nSPS) is 13.2. The summed E-state index contributed by atoms with van der Waals surface area (Å²) in [6.45, 7) is 0. The summed E-state index contributed by atoms with van der Waals surface area (Å²) in [7, 11) is -4.20. The number of hydrogen-bond acceptors (Lipinski definition) is 5. The maximum Gasteiger partial charge on any atom is 0.322 e. The molecule has 1 rings (SSSR count). The van der Waals surface area contributed by atoms with E-state index in [4.69, 9.17) is 34.0 Å². The zero-order chi connectivity index (χ0) is 14.8. The summed E-state index contributed by atoms with van der Waals surface area (Å²) in [6, 6.07) is -0.586. The lowest BCUT2D eigenvalue weighted by atomic mass is 10.2. The Hall–Kier alpha value is -0.870. The third-order valence-corrected chi connectivity index (χ3v) is 5.14. The summed E-state index contributed by atoms with van der Waals surface area (Å²) in [5.41, 5.74) is 4.84. The Morgan fingerprint density at radius 1 is 1.47 bits per heavy atom. The fourth-order valence-electron chi connectivity index (χ4n) is 1.14. The molecule has 1 heterocycles. The van der Waals surface area contributed by atoms with Gasteiger partial charge >= 0.3 is 5.97 Å². The van der Waals surface area contributed by atoms with Crippen LogP contribution in [0.25, 0.3) is 0 Å². The summed E-state index contributed by atoms with van der Waals surface area (Å²) in [5, 5.41) is 8.82. The molecule has 0 aromatic carbocycles. The van der Waals surface area contributed by atoms with Crippen LogP contribution in [-0.2, 0) is 19.6 Å². The molecular weight excluding hydrogens is 339 g/mol. The van der Waals surface area contributed by atoms with Gasteiger partial charge in [-0.1, -0.05) is 23.2 Å². The number of thiophene rings is 1. The van der Waals surface area contributed by atoms with Crippen molar-refractivity contribution in [1.29, 1.82) is 0 Å². The van der Waals surface area contributed by atoms with E-state index in [9.17, 15) is 18.0 Å². The third kappa shape index (κ3) is 4.32. The van der Waals surface area contributed by atoms with Gasteiger partial charge < -0.3 is 10.8 Å². The Labute approximate surface area is 122 Å². The molecule has 1 unspecified atom stereocenters. The van der Waals surface area contributed by atoms with Gasteiger partial charge in [-0.25, -0.2) is 8.42 Å². The van der Waals surface area contributed by atoms with Crippen molar-refractivity contribution in [2.75, 3.05) is 0 Å². The average Bonchev–Trinajstić information content (AvgIpc) is 2.56. The third-order valence-electron chi connectivity index (χ3n) is 1.92. The largest absolute Gasteiger partial charge is 0.480 e. The van der Waals surface area contributed by atoms with Crippen LogP contribution in [0.2, 0.25) is 8.67 Å². The van der Waals surface area contributed by atoms with E-state index in [0.717, 1.165) is 17.4 Å². The first kappa shape index (κ1) is 16.2. The van der Waals surface area contributed by atoms with Gasteiger partial charge in [-0.15, -0.1) is 11.3 Å². The van der Waals surface area contributed by atoms with Crippen LogP contribution in [0.1, 0.15) is 6.42 Å². The highest BCUT2D eigenvalue weighted by Crippen LogP contribution is 2.34. The number of hydrogen-bond donors (Lipinski definition) is 3. The van der Waals surface area contributed by atoms with Crippen LogP contribution in [0, 0.1) is 0 Å². The van der Waals surface area contributed by atoms with Gasteiger partial charge in [0.05, 0.1) is 10.8 Å². The van der Waals surface area contributed by atoms with E-state index in [1.807, 2.05) is 4.72 Å². The van der Waals surface area contributed by atoms with Gasteiger partial charge in [-0.05, 0) is 6.07 Å². The molecule has 0 aliphatic heterocycles. The molecule has 1 amide bonds. The first-order valence-electron chi connectivity index (χ1n) is 4.61. The smallest absolute Gasteiger partial charge is 0.322 e. The Morgan fingerprint density at radius 2 is 2.05 bits per heavy atom. The van der Waals surface area contributed by atoms with E-state index in [-0.39, 0.29) is 13.6 Å². The molecule has 0 aliphatic carbocycles. The van der Waals surface area contributed by atoms with Crippen molar-refractivity contribution in [2.45, 2.75) is 17.4 Å². The second-order valence-corrected chi connectivity index (χ2v) is 7.34. The first-order valence-corrected chi connectivity index (χ1v) is 7.67. The van der Waals surface area contributed by atoms with Crippen molar-refractivity contribution < 1.29 is 23.1 Å². The van der Waals surface area contributed by atoms with Crippen LogP contribution in [0.3, 0.4) is 0 Å². The maximum atomic E-state index is 11.9.